The van der Waals surface area contributed by atoms with Crippen molar-refractivity contribution in [3.63, 3.8) is 0 Å². The van der Waals surface area contributed by atoms with Crippen LogP contribution in [0, 0.1) is 6.92 Å². The van der Waals surface area contributed by atoms with Gasteiger partial charge in [-0.2, -0.15) is 0 Å². The third-order valence-corrected chi connectivity index (χ3v) is 6.52. The lowest BCUT2D eigenvalue weighted by atomic mass is 10.1. The number of ether oxygens (including phenoxy) is 1. The Bertz CT molecular complexity index is 915. The number of allylic oxidation sites excluding steroid dienone is 1. The number of unbranched alkanes of at least 4 members (excludes halogenated alkanes) is 1. The van der Waals surface area contributed by atoms with Crippen molar-refractivity contribution in [2.75, 3.05) is 13.7 Å². The Morgan fingerprint density at radius 2 is 1.85 bits per heavy atom. The van der Waals surface area contributed by atoms with E-state index in [2.05, 4.69) is 6.92 Å². The predicted molar refractivity (Wildman–Crippen MR) is 105 cm³/mol. The summed E-state index contributed by atoms with van der Waals surface area (Å²) >= 11 is 0. The zero-order valence-corrected chi connectivity index (χ0v) is 16.3. The maximum Gasteiger partial charge on any atom is 0.264 e. The molecule has 4 nitrogen and oxygen atoms in total. The highest BCUT2D eigenvalue weighted by Crippen LogP contribution is 2.36. The third-order valence-electron chi connectivity index (χ3n) is 4.70. The zero-order chi connectivity index (χ0) is 18.7. The second-order valence-electron chi connectivity index (χ2n) is 6.56. The van der Waals surface area contributed by atoms with Gasteiger partial charge in [0.15, 0.2) is 0 Å². The fourth-order valence-corrected chi connectivity index (χ4v) is 4.71. The van der Waals surface area contributed by atoms with Gasteiger partial charge in [-0.3, -0.25) is 4.31 Å². The molecule has 0 aliphatic heterocycles. The number of rotatable bonds is 7. The van der Waals surface area contributed by atoms with E-state index in [0.717, 1.165) is 41.0 Å². The molecule has 26 heavy (non-hydrogen) atoms. The van der Waals surface area contributed by atoms with E-state index in [0.29, 0.717) is 17.9 Å². The Labute approximate surface area is 156 Å². The first-order valence-electron chi connectivity index (χ1n) is 8.94. The van der Waals surface area contributed by atoms with E-state index >= 15 is 0 Å². The van der Waals surface area contributed by atoms with E-state index in [4.69, 9.17) is 4.74 Å². The Balaban J connectivity index is 2.01. The Morgan fingerprint density at radius 1 is 1.12 bits per heavy atom. The van der Waals surface area contributed by atoms with Crippen LogP contribution in [0.15, 0.2) is 53.4 Å². The van der Waals surface area contributed by atoms with Gasteiger partial charge in [-0.05, 0) is 55.7 Å². The second kappa shape index (κ2) is 7.54. The summed E-state index contributed by atoms with van der Waals surface area (Å²) in [6.45, 7) is 4.50. The summed E-state index contributed by atoms with van der Waals surface area (Å²) in [5, 5.41) is 0. The molecule has 0 heterocycles. The number of sulfonamides is 1. The summed E-state index contributed by atoms with van der Waals surface area (Å²) in [5.74, 6) is 0.792. The van der Waals surface area contributed by atoms with Gasteiger partial charge in [0.2, 0.25) is 0 Å². The lowest BCUT2D eigenvalue weighted by Gasteiger charge is -2.26. The molecule has 0 N–H and O–H groups in total. The van der Waals surface area contributed by atoms with Crippen LogP contribution in [0.3, 0.4) is 0 Å². The molecule has 2 aromatic rings. The molecule has 1 aliphatic rings. The van der Waals surface area contributed by atoms with E-state index in [1.165, 1.54) is 0 Å². The molecule has 1 aliphatic carbocycles. The molecule has 0 unspecified atom stereocenters. The van der Waals surface area contributed by atoms with Crippen molar-refractivity contribution in [1.29, 1.82) is 0 Å². The van der Waals surface area contributed by atoms with Crippen LogP contribution < -0.4 is 4.74 Å². The van der Waals surface area contributed by atoms with Crippen molar-refractivity contribution in [3.8, 4) is 5.75 Å². The van der Waals surface area contributed by atoms with Gasteiger partial charge in [-0.15, -0.1) is 0 Å². The van der Waals surface area contributed by atoms with Crippen molar-refractivity contribution in [2.24, 2.45) is 0 Å². The largest absolute Gasteiger partial charge is 0.497 e. The van der Waals surface area contributed by atoms with Gasteiger partial charge < -0.3 is 4.74 Å². The maximum atomic E-state index is 13.3. The number of hydrogen-bond acceptors (Lipinski definition) is 3. The lowest BCUT2D eigenvalue weighted by molar-refractivity contribution is 0.414. The van der Waals surface area contributed by atoms with E-state index in [-0.39, 0.29) is 0 Å². The molecule has 0 saturated carbocycles. The van der Waals surface area contributed by atoms with Crippen molar-refractivity contribution < 1.29 is 13.2 Å². The molecule has 0 amide bonds. The average Bonchev–Trinajstić information content (AvgIpc) is 3.05. The predicted octanol–water partition coefficient (Wildman–Crippen LogP) is 4.39. The number of aryl methyl sites for hydroxylation is 1. The Morgan fingerprint density at radius 3 is 2.50 bits per heavy atom. The summed E-state index contributed by atoms with van der Waals surface area (Å²) in [6, 6.07) is 12.9. The van der Waals surface area contributed by atoms with Gasteiger partial charge in [0.1, 0.15) is 5.75 Å². The van der Waals surface area contributed by atoms with Crippen LogP contribution in [0.4, 0.5) is 0 Å². The lowest BCUT2D eigenvalue weighted by Crippen LogP contribution is -2.30. The number of nitrogens with zero attached hydrogens (tertiary/aromatic N) is 1. The molecule has 0 fully saturated rings. The molecule has 2 aromatic carbocycles. The molecule has 0 atom stereocenters. The van der Waals surface area contributed by atoms with E-state index < -0.39 is 10.0 Å². The van der Waals surface area contributed by atoms with Crippen LogP contribution in [-0.4, -0.2) is 26.4 Å². The van der Waals surface area contributed by atoms with Crippen LogP contribution >= 0.6 is 0 Å². The minimum atomic E-state index is -3.60. The highest BCUT2D eigenvalue weighted by atomic mass is 32.2. The maximum absolute atomic E-state index is 13.3. The molecule has 0 bridgehead atoms. The summed E-state index contributed by atoms with van der Waals surface area (Å²) in [7, 11) is -1.96. The first-order valence-corrected chi connectivity index (χ1v) is 10.4. The van der Waals surface area contributed by atoms with Gasteiger partial charge in [0, 0.05) is 12.1 Å². The number of fused-ring (bicyclic) bond motifs is 1. The van der Waals surface area contributed by atoms with Gasteiger partial charge in [-0.1, -0.05) is 37.1 Å². The van der Waals surface area contributed by atoms with Gasteiger partial charge in [-0.25, -0.2) is 8.42 Å². The van der Waals surface area contributed by atoms with Crippen LogP contribution in [0.25, 0.3) is 5.70 Å². The van der Waals surface area contributed by atoms with Crippen molar-refractivity contribution in [2.45, 2.75) is 38.0 Å². The summed E-state index contributed by atoms with van der Waals surface area (Å²) in [5.41, 5.74) is 3.89. The molecule has 0 spiro atoms. The van der Waals surface area contributed by atoms with E-state index in [9.17, 15) is 8.42 Å². The first-order chi connectivity index (χ1) is 12.5. The monoisotopic (exact) mass is 371 g/mol. The van der Waals surface area contributed by atoms with E-state index in [1.807, 2.05) is 43.3 Å². The summed E-state index contributed by atoms with van der Waals surface area (Å²) < 4.78 is 33.5. The van der Waals surface area contributed by atoms with Gasteiger partial charge in [0.05, 0.1) is 17.7 Å². The van der Waals surface area contributed by atoms with Crippen LogP contribution in [0.1, 0.15) is 36.5 Å². The van der Waals surface area contributed by atoms with Gasteiger partial charge in [0.25, 0.3) is 10.0 Å². The summed E-state index contributed by atoms with van der Waals surface area (Å²) in [6.07, 6.45) is 4.47. The topological polar surface area (TPSA) is 46.6 Å². The molecular weight excluding hydrogens is 346 g/mol. The third kappa shape index (κ3) is 3.49. The van der Waals surface area contributed by atoms with Crippen molar-refractivity contribution in [3.05, 3.63) is 65.2 Å². The van der Waals surface area contributed by atoms with Crippen molar-refractivity contribution in [1.82, 2.24) is 4.31 Å². The minimum absolute atomic E-state index is 0.335. The molecule has 3 rings (SSSR count). The molecule has 0 saturated heterocycles. The van der Waals surface area contributed by atoms with Crippen LogP contribution in [0.2, 0.25) is 0 Å². The quantitative estimate of drug-likeness (QED) is 0.725. The fourth-order valence-electron chi connectivity index (χ4n) is 3.18. The second-order valence-corrected chi connectivity index (χ2v) is 8.42. The van der Waals surface area contributed by atoms with E-state index in [1.54, 1.807) is 23.5 Å². The summed E-state index contributed by atoms with van der Waals surface area (Å²) in [4.78, 5) is 0.335. The zero-order valence-electron chi connectivity index (χ0n) is 15.5. The molecule has 0 aromatic heterocycles. The number of methoxy groups -OCH3 is 1. The van der Waals surface area contributed by atoms with Crippen LogP contribution in [0.5, 0.6) is 5.75 Å². The number of benzene rings is 2. The standard InChI is InChI=1S/C21H25NO3S/c1-4-5-14-22(26(23,24)19-10-6-16(2)7-11-19)21-13-8-17-15-18(25-3)9-12-20(17)21/h6-7,9-13,15H,4-5,8,14H2,1-3H3. The average molecular weight is 372 g/mol. The van der Waals surface area contributed by atoms with Gasteiger partial charge >= 0.3 is 0 Å². The minimum Gasteiger partial charge on any atom is -0.497 e. The van der Waals surface area contributed by atoms with Crippen LogP contribution in [-0.2, 0) is 16.4 Å². The highest BCUT2D eigenvalue weighted by molar-refractivity contribution is 7.89. The first kappa shape index (κ1) is 18.5. The van der Waals surface area contributed by atoms with Crippen molar-refractivity contribution >= 4 is 15.7 Å². The highest BCUT2D eigenvalue weighted by Gasteiger charge is 2.30. The molecule has 5 heteroatoms. The molecular formula is C21H25NO3S. The smallest absolute Gasteiger partial charge is 0.264 e. The molecule has 0 radical (unpaired) electrons. The number of hydrogen-bond donors (Lipinski definition) is 0. The Kier molecular flexibility index (Phi) is 5.37. The Hall–Kier alpha value is -2.27. The SMILES string of the molecule is CCCCN(C1=CCc2cc(OC)ccc21)S(=O)(=O)c1ccc(C)cc1. The fraction of sp³-hybridized carbons (Fsp3) is 0.333. The molecule has 138 valence electrons. The normalized spacial score (nSPS) is 13.3.